The fourth-order valence-corrected chi connectivity index (χ4v) is 2.45. The number of carbonyl (C=O) groups excluding carboxylic acids is 2. The molecule has 0 radical (unpaired) electrons. The molecule has 0 aromatic carbocycles. The van der Waals surface area contributed by atoms with E-state index in [9.17, 15) is 9.59 Å². The van der Waals surface area contributed by atoms with Gasteiger partial charge in [-0.05, 0) is 39.0 Å². The number of carbonyl (C=O) groups is 2. The molecule has 0 spiro atoms. The van der Waals surface area contributed by atoms with Gasteiger partial charge in [0.2, 0.25) is 0 Å². The summed E-state index contributed by atoms with van der Waals surface area (Å²) in [7, 11) is 3.25. The Morgan fingerprint density at radius 2 is 2.04 bits per heavy atom. The highest BCUT2D eigenvalue weighted by Crippen LogP contribution is 2.19. The van der Waals surface area contributed by atoms with Crippen molar-refractivity contribution in [1.29, 1.82) is 0 Å². The number of aryl methyl sites for hydroxylation is 1. The summed E-state index contributed by atoms with van der Waals surface area (Å²) in [6.07, 6.45) is 0.804. The largest absolute Gasteiger partial charge is 0.467 e. The molecule has 0 unspecified atom stereocenters. The molecule has 6 heteroatoms. The first-order valence-corrected chi connectivity index (χ1v) is 7.42. The van der Waals surface area contributed by atoms with Crippen LogP contribution in [0, 0.1) is 13.8 Å². The molecule has 2 aromatic rings. The van der Waals surface area contributed by atoms with Crippen LogP contribution in [-0.2, 0) is 16.1 Å². The van der Waals surface area contributed by atoms with Crippen LogP contribution in [0.2, 0.25) is 0 Å². The normalized spacial score (nSPS) is 12.0. The Kier molecular flexibility index (Phi) is 4.93. The monoisotopic (exact) mass is 318 g/mol. The number of furan rings is 1. The van der Waals surface area contributed by atoms with Crippen LogP contribution < -0.4 is 0 Å². The molecule has 2 rings (SSSR count). The maximum absolute atomic E-state index is 12.3. The first kappa shape index (κ1) is 16.9. The van der Waals surface area contributed by atoms with Crippen molar-refractivity contribution in [3.05, 3.63) is 47.2 Å². The molecule has 124 valence electrons. The summed E-state index contributed by atoms with van der Waals surface area (Å²) in [5.41, 5.74) is 2.18. The fourth-order valence-electron chi connectivity index (χ4n) is 2.45. The van der Waals surface area contributed by atoms with Crippen LogP contribution in [0.3, 0.4) is 0 Å². The molecule has 0 bridgehead atoms. The molecule has 2 aromatic heterocycles. The SMILES string of the molecule is Cc1cc(C(=O)O[C@@H](C)C(=O)N(C)C)c(C)n1Cc1ccco1. The summed E-state index contributed by atoms with van der Waals surface area (Å²) < 4.78 is 12.6. The highest BCUT2D eigenvalue weighted by Gasteiger charge is 2.23. The van der Waals surface area contributed by atoms with Gasteiger partial charge in [-0.1, -0.05) is 0 Å². The first-order chi connectivity index (χ1) is 10.8. The molecule has 2 heterocycles. The van der Waals surface area contributed by atoms with E-state index in [0.717, 1.165) is 17.1 Å². The fraction of sp³-hybridized carbons (Fsp3) is 0.412. The zero-order chi connectivity index (χ0) is 17.1. The van der Waals surface area contributed by atoms with Gasteiger partial charge in [0.05, 0.1) is 18.4 Å². The lowest BCUT2D eigenvalue weighted by molar-refractivity contribution is -0.137. The molecule has 0 N–H and O–H groups in total. The lowest BCUT2D eigenvalue weighted by Gasteiger charge is -2.17. The van der Waals surface area contributed by atoms with Crippen LogP contribution in [0.4, 0.5) is 0 Å². The summed E-state index contributed by atoms with van der Waals surface area (Å²) >= 11 is 0. The van der Waals surface area contributed by atoms with Gasteiger partial charge >= 0.3 is 5.97 Å². The Bertz CT molecular complexity index is 699. The Hall–Kier alpha value is -2.50. The highest BCUT2D eigenvalue weighted by atomic mass is 16.5. The number of ether oxygens (including phenoxy) is 1. The molecule has 0 fully saturated rings. The summed E-state index contributed by atoms with van der Waals surface area (Å²) in [6.45, 7) is 5.89. The number of hydrogen-bond acceptors (Lipinski definition) is 4. The van der Waals surface area contributed by atoms with Crippen molar-refractivity contribution in [3.63, 3.8) is 0 Å². The second kappa shape index (κ2) is 6.73. The minimum absolute atomic E-state index is 0.247. The number of likely N-dealkylation sites (N-methyl/N-ethyl adjacent to an activating group) is 1. The van der Waals surface area contributed by atoms with E-state index in [1.165, 1.54) is 4.90 Å². The average Bonchev–Trinajstić information content (AvgIpc) is 3.09. The topological polar surface area (TPSA) is 64.7 Å². The average molecular weight is 318 g/mol. The van der Waals surface area contributed by atoms with Crippen LogP contribution in [-0.4, -0.2) is 41.5 Å². The molecule has 0 aliphatic heterocycles. The molecule has 0 saturated carbocycles. The van der Waals surface area contributed by atoms with Crippen LogP contribution in [0.25, 0.3) is 0 Å². The van der Waals surface area contributed by atoms with E-state index < -0.39 is 12.1 Å². The minimum Gasteiger partial charge on any atom is -0.467 e. The standard InChI is InChI=1S/C17H22N2O4/c1-11-9-15(17(21)23-13(3)16(20)18(4)5)12(2)19(11)10-14-7-6-8-22-14/h6-9,13H,10H2,1-5H3/t13-/m0/s1. The molecule has 0 saturated heterocycles. The molecule has 23 heavy (non-hydrogen) atoms. The predicted octanol–water partition coefficient (Wildman–Crippen LogP) is 2.38. The number of nitrogens with zero attached hydrogens (tertiary/aromatic N) is 2. The Morgan fingerprint density at radius 3 is 2.61 bits per heavy atom. The minimum atomic E-state index is -0.814. The van der Waals surface area contributed by atoms with E-state index in [0.29, 0.717) is 12.1 Å². The van der Waals surface area contributed by atoms with Gasteiger partial charge in [-0.2, -0.15) is 0 Å². The summed E-state index contributed by atoms with van der Waals surface area (Å²) in [4.78, 5) is 25.6. The third-order valence-corrected chi connectivity index (χ3v) is 3.76. The van der Waals surface area contributed by atoms with Crippen LogP contribution in [0.1, 0.15) is 34.4 Å². The summed E-state index contributed by atoms with van der Waals surface area (Å²) in [6, 6.07) is 5.48. The van der Waals surface area contributed by atoms with E-state index in [1.807, 2.05) is 30.5 Å². The van der Waals surface area contributed by atoms with Gasteiger partial charge in [-0.15, -0.1) is 0 Å². The van der Waals surface area contributed by atoms with Gasteiger partial charge in [0.25, 0.3) is 5.91 Å². The van der Waals surface area contributed by atoms with Crippen LogP contribution in [0.5, 0.6) is 0 Å². The molecule has 1 atom stereocenters. The van der Waals surface area contributed by atoms with Crippen molar-refractivity contribution in [1.82, 2.24) is 9.47 Å². The molecular formula is C17H22N2O4. The summed E-state index contributed by atoms with van der Waals surface area (Å²) in [5, 5.41) is 0. The molecule has 0 aliphatic carbocycles. The van der Waals surface area contributed by atoms with Crippen molar-refractivity contribution in [2.24, 2.45) is 0 Å². The van der Waals surface area contributed by atoms with Crippen molar-refractivity contribution >= 4 is 11.9 Å². The van der Waals surface area contributed by atoms with E-state index in [-0.39, 0.29) is 5.91 Å². The quantitative estimate of drug-likeness (QED) is 0.794. The number of hydrogen-bond donors (Lipinski definition) is 0. The number of esters is 1. The second-order valence-corrected chi connectivity index (χ2v) is 5.73. The van der Waals surface area contributed by atoms with E-state index in [1.54, 1.807) is 33.3 Å². The van der Waals surface area contributed by atoms with E-state index in [4.69, 9.17) is 9.15 Å². The number of amides is 1. The van der Waals surface area contributed by atoms with Crippen molar-refractivity contribution in [3.8, 4) is 0 Å². The Labute approximate surface area is 135 Å². The Morgan fingerprint density at radius 1 is 1.35 bits per heavy atom. The summed E-state index contributed by atoms with van der Waals surface area (Å²) in [5.74, 6) is 0.0668. The third kappa shape index (κ3) is 3.64. The lowest BCUT2D eigenvalue weighted by Crippen LogP contribution is -2.35. The molecule has 6 nitrogen and oxygen atoms in total. The van der Waals surface area contributed by atoms with Gasteiger partial charge in [0, 0.05) is 25.5 Å². The molecular weight excluding hydrogens is 296 g/mol. The first-order valence-electron chi connectivity index (χ1n) is 7.42. The van der Waals surface area contributed by atoms with Crippen molar-refractivity contribution in [2.75, 3.05) is 14.1 Å². The molecule has 0 aliphatic rings. The maximum Gasteiger partial charge on any atom is 0.340 e. The Balaban J connectivity index is 2.17. The van der Waals surface area contributed by atoms with Gasteiger partial charge in [-0.3, -0.25) is 4.79 Å². The van der Waals surface area contributed by atoms with Crippen molar-refractivity contribution < 1.29 is 18.7 Å². The van der Waals surface area contributed by atoms with Gasteiger partial charge < -0.3 is 18.6 Å². The van der Waals surface area contributed by atoms with Gasteiger partial charge in [0.15, 0.2) is 6.10 Å². The predicted molar refractivity (Wildman–Crippen MR) is 85.3 cm³/mol. The van der Waals surface area contributed by atoms with Gasteiger partial charge in [-0.25, -0.2) is 4.79 Å². The number of rotatable bonds is 5. The van der Waals surface area contributed by atoms with Crippen LogP contribution >= 0.6 is 0 Å². The maximum atomic E-state index is 12.3. The zero-order valence-corrected chi connectivity index (χ0v) is 14.1. The lowest BCUT2D eigenvalue weighted by atomic mass is 10.2. The third-order valence-electron chi connectivity index (χ3n) is 3.76. The van der Waals surface area contributed by atoms with Crippen LogP contribution in [0.15, 0.2) is 28.9 Å². The van der Waals surface area contributed by atoms with E-state index in [2.05, 4.69) is 0 Å². The van der Waals surface area contributed by atoms with Gasteiger partial charge in [0.1, 0.15) is 5.76 Å². The molecule has 1 amide bonds. The second-order valence-electron chi connectivity index (χ2n) is 5.73. The number of aromatic nitrogens is 1. The smallest absolute Gasteiger partial charge is 0.340 e. The zero-order valence-electron chi connectivity index (χ0n) is 14.1. The highest BCUT2D eigenvalue weighted by molar-refractivity contribution is 5.93. The van der Waals surface area contributed by atoms with Crippen molar-refractivity contribution in [2.45, 2.75) is 33.4 Å². The van der Waals surface area contributed by atoms with E-state index >= 15 is 0 Å².